The van der Waals surface area contributed by atoms with Crippen molar-refractivity contribution in [3.8, 4) is 11.4 Å². The number of imidazole rings is 1. The Kier molecular flexibility index (Phi) is 3.20. The molecule has 0 radical (unpaired) electrons. The Morgan fingerprint density at radius 3 is 2.79 bits per heavy atom. The summed E-state index contributed by atoms with van der Waals surface area (Å²) in [4.78, 5) is 33.3. The number of aromatic nitrogens is 5. The van der Waals surface area contributed by atoms with Gasteiger partial charge in [-0.25, -0.2) is 4.79 Å². The predicted molar refractivity (Wildman–Crippen MR) is 88.7 cm³/mol. The van der Waals surface area contributed by atoms with E-state index in [0.29, 0.717) is 33.7 Å². The van der Waals surface area contributed by atoms with Crippen molar-refractivity contribution in [1.82, 2.24) is 25.1 Å². The van der Waals surface area contributed by atoms with Gasteiger partial charge in [-0.15, -0.1) is 0 Å². The van der Waals surface area contributed by atoms with Crippen molar-refractivity contribution in [1.29, 1.82) is 0 Å². The number of anilines is 1. The highest BCUT2D eigenvalue weighted by Gasteiger charge is 2.13. The third-order valence-electron chi connectivity index (χ3n) is 3.59. The minimum Gasteiger partial charge on any atom is -0.319 e. The number of fused-ring (bicyclic) bond motifs is 1. The summed E-state index contributed by atoms with van der Waals surface area (Å²) in [5, 5.41) is 9.60. The number of nitrogens with one attached hydrogen (secondary N) is 4. The summed E-state index contributed by atoms with van der Waals surface area (Å²) in [6.45, 7) is 0. The second kappa shape index (κ2) is 5.51. The van der Waals surface area contributed by atoms with Crippen LogP contribution in [0.3, 0.4) is 0 Å². The first kappa shape index (κ1) is 13.9. The minimum atomic E-state index is -0.310. The van der Waals surface area contributed by atoms with Crippen LogP contribution in [0.5, 0.6) is 0 Å². The molecule has 0 saturated carbocycles. The maximum absolute atomic E-state index is 12.5. The van der Waals surface area contributed by atoms with E-state index in [1.807, 2.05) is 18.2 Å². The SMILES string of the molecule is O=C(Nc1cn[nH]c1-c1ccccn1)c1ccc2[nH]c(=O)[nH]c2c1. The molecule has 24 heavy (non-hydrogen) atoms. The quantitative estimate of drug-likeness (QED) is 0.461. The molecular formula is C16H12N6O2. The van der Waals surface area contributed by atoms with Crippen molar-refractivity contribution in [3.63, 3.8) is 0 Å². The predicted octanol–water partition coefficient (Wildman–Crippen LogP) is 1.89. The molecule has 0 saturated heterocycles. The average molecular weight is 320 g/mol. The molecule has 1 amide bonds. The molecule has 8 heteroatoms. The van der Waals surface area contributed by atoms with E-state index in [-0.39, 0.29) is 11.6 Å². The number of rotatable bonds is 3. The van der Waals surface area contributed by atoms with E-state index in [9.17, 15) is 9.59 Å². The van der Waals surface area contributed by atoms with Crippen molar-refractivity contribution in [3.05, 3.63) is 64.8 Å². The lowest BCUT2D eigenvalue weighted by molar-refractivity contribution is 0.102. The van der Waals surface area contributed by atoms with Gasteiger partial charge in [0.05, 0.1) is 28.6 Å². The van der Waals surface area contributed by atoms with Crippen LogP contribution in [0.2, 0.25) is 0 Å². The van der Waals surface area contributed by atoms with Crippen LogP contribution in [0.1, 0.15) is 10.4 Å². The number of H-pyrrole nitrogens is 3. The summed E-state index contributed by atoms with van der Waals surface area (Å²) in [5.41, 5.74) is 3.16. The summed E-state index contributed by atoms with van der Waals surface area (Å²) in [5.74, 6) is -0.308. The molecule has 0 atom stereocenters. The molecule has 0 spiro atoms. The Labute approximate surface area is 135 Å². The first-order chi connectivity index (χ1) is 11.7. The highest BCUT2D eigenvalue weighted by Crippen LogP contribution is 2.23. The Morgan fingerprint density at radius 1 is 1.08 bits per heavy atom. The van der Waals surface area contributed by atoms with Crippen LogP contribution in [0.4, 0.5) is 5.69 Å². The highest BCUT2D eigenvalue weighted by molar-refractivity contribution is 6.07. The molecule has 0 aliphatic carbocycles. The first-order valence-corrected chi connectivity index (χ1v) is 7.19. The van der Waals surface area contributed by atoms with Gasteiger partial charge in [-0.2, -0.15) is 5.10 Å². The summed E-state index contributed by atoms with van der Waals surface area (Å²) >= 11 is 0. The topological polar surface area (TPSA) is 119 Å². The summed E-state index contributed by atoms with van der Waals surface area (Å²) in [7, 11) is 0. The second-order valence-electron chi connectivity index (χ2n) is 5.17. The molecule has 0 aliphatic rings. The molecule has 0 bridgehead atoms. The van der Waals surface area contributed by atoms with Gasteiger partial charge in [0.25, 0.3) is 5.91 Å². The van der Waals surface area contributed by atoms with Crippen LogP contribution in [-0.4, -0.2) is 31.1 Å². The number of hydrogen-bond acceptors (Lipinski definition) is 4. The molecule has 1 aromatic carbocycles. The molecule has 8 nitrogen and oxygen atoms in total. The van der Waals surface area contributed by atoms with E-state index in [4.69, 9.17) is 0 Å². The molecule has 3 aromatic heterocycles. The molecule has 4 rings (SSSR count). The van der Waals surface area contributed by atoms with Crippen molar-refractivity contribution in [2.75, 3.05) is 5.32 Å². The van der Waals surface area contributed by atoms with Crippen LogP contribution >= 0.6 is 0 Å². The monoisotopic (exact) mass is 320 g/mol. The van der Waals surface area contributed by atoms with Crippen molar-refractivity contribution in [2.45, 2.75) is 0 Å². The van der Waals surface area contributed by atoms with Crippen molar-refractivity contribution < 1.29 is 4.79 Å². The fraction of sp³-hybridized carbons (Fsp3) is 0. The number of carbonyl (C=O) groups is 1. The van der Waals surface area contributed by atoms with Gasteiger partial charge in [0, 0.05) is 11.8 Å². The fourth-order valence-electron chi connectivity index (χ4n) is 2.46. The zero-order valence-electron chi connectivity index (χ0n) is 12.3. The number of nitrogens with zero attached hydrogens (tertiary/aromatic N) is 2. The standard InChI is InChI=1S/C16H12N6O2/c23-15(9-4-5-10-12(7-9)21-16(24)20-10)19-13-8-18-22-14(13)11-3-1-2-6-17-11/h1-8H,(H,18,22)(H,19,23)(H2,20,21,24). The third kappa shape index (κ3) is 2.45. The van der Waals surface area contributed by atoms with Crippen LogP contribution in [0.25, 0.3) is 22.4 Å². The zero-order chi connectivity index (χ0) is 16.5. The molecule has 0 aliphatic heterocycles. The van der Waals surface area contributed by atoms with Crippen LogP contribution in [0, 0.1) is 0 Å². The number of amides is 1. The van der Waals surface area contributed by atoms with E-state index >= 15 is 0 Å². The molecular weight excluding hydrogens is 308 g/mol. The Morgan fingerprint density at radius 2 is 1.96 bits per heavy atom. The third-order valence-corrected chi connectivity index (χ3v) is 3.59. The lowest BCUT2D eigenvalue weighted by Gasteiger charge is -2.05. The van der Waals surface area contributed by atoms with Gasteiger partial charge >= 0.3 is 5.69 Å². The number of benzene rings is 1. The lowest BCUT2D eigenvalue weighted by atomic mass is 10.1. The minimum absolute atomic E-state index is 0.308. The van der Waals surface area contributed by atoms with E-state index in [0.717, 1.165) is 0 Å². The number of hydrogen-bond donors (Lipinski definition) is 4. The van der Waals surface area contributed by atoms with Gasteiger partial charge in [-0.3, -0.25) is 14.9 Å². The second-order valence-corrected chi connectivity index (χ2v) is 5.17. The van der Waals surface area contributed by atoms with Crippen LogP contribution in [-0.2, 0) is 0 Å². The first-order valence-electron chi connectivity index (χ1n) is 7.19. The number of pyridine rings is 1. The largest absolute Gasteiger partial charge is 0.323 e. The van der Waals surface area contributed by atoms with Gasteiger partial charge in [0.1, 0.15) is 5.69 Å². The molecule has 0 fully saturated rings. The fourth-order valence-corrected chi connectivity index (χ4v) is 2.46. The molecule has 118 valence electrons. The summed E-state index contributed by atoms with van der Waals surface area (Å²) in [6.07, 6.45) is 3.19. The van der Waals surface area contributed by atoms with Crippen molar-refractivity contribution >= 4 is 22.6 Å². The van der Waals surface area contributed by atoms with E-state index in [2.05, 4.69) is 30.5 Å². The summed E-state index contributed by atoms with van der Waals surface area (Å²) < 4.78 is 0. The van der Waals surface area contributed by atoms with Crippen LogP contribution < -0.4 is 11.0 Å². The van der Waals surface area contributed by atoms with Gasteiger partial charge in [-0.05, 0) is 30.3 Å². The highest BCUT2D eigenvalue weighted by atomic mass is 16.2. The van der Waals surface area contributed by atoms with Crippen LogP contribution in [0.15, 0.2) is 53.6 Å². The molecule has 4 N–H and O–H groups in total. The maximum Gasteiger partial charge on any atom is 0.323 e. The maximum atomic E-state index is 12.5. The Hall–Kier alpha value is -3.68. The average Bonchev–Trinajstić information content (AvgIpc) is 3.20. The number of carbonyl (C=O) groups excluding carboxylic acids is 1. The lowest BCUT2D eigenvalue weighted by Crippen LogP contribution is -2.12. The Balaban J connectivity index is 1.64. The normalized spacial score (nSPS) is 10.8. The summed E-state index contributed by atoms with van der Waals surface area (Å²) in [6, 6.07) is 10.4. The van der Waals surface area contributed by atoms with Gasteiger partial charge in [-0.1, -0.05) is 6.07 Å². The van der Waals surface area contributed by atoms with Gasteiger partial charge in [0.15, 0.2) is 0 Å². The Bertz CT molecular complexity index is 1080. The molecule has 3 heterocycles. The number of aromatic amines is 3. The van der Waals surface area contributed by atoms with E-state index in [1.54, 1.807) is 24.4 Å². The van der Waals surface area contributed by atoms with Gasteiger partial charge in [0.2, 0.25) is 0 Å². The van der Waals surface area contributed by atoms with E-state index < -0.39 is 0 Å². The van der Waals surface area contributed by atoms with Gasteiger partial charge < -0.3 is 15.3 Å². The molecule has 0 unspecified atom stereocenters. The smallest absolute Gasteiger partial charge is 0.319 e. The van der Waals surface area contributed by atoms with Crippen molar-refractivity contribution in [2.24, 2.45) is 0 Å². The molecule has 4 aromatic rings. The van der Waals surface area contributed by atoms with E-state index in [1.165, 1.54) is 6.20 Å². The zero-order valence-corrected chi connectivity index (χ0v) is 12.3.